The summed E-state index contributed by atoms with van der Waals surface area (Å²) >= 11 is 1.34. The zero-order valence-corrected chi connectivity index (χ0v) is 22.8. The molecule has 0 aromatic heterocycles. The molecule has 0 saturated carbocycles. The molecule has 1 aliphatic carbocycles. The van der Waals surface area contributed by atoms with E-state index in [4.69, 9.17) is 14.2 Å². The first-order valence-corrected chi connectivity index (χ1v) is 13.2. The van der Waals surface area contributed by atoms with E-state index in [-0.39, 0.29) is 17.9 Å². The fourth-order valence-corrected chi connectivity index (χ4v) is 5.25. The van der Waals surface area contributed by atoms with E-state index < -0.39 is 11.1 Å². The number of ether oxygens (including phenoxy) is 3. The van der Waals surface area contributed by atoms with Gasteiger partial charge in [0.25, 0.3) is 11.0 Å². The molecule has 4 rings (SSSR count). The Morgan fingerprint density at radius 3 is 2.51 bits per heavy atom. The number of nitrogens with zero attached hydrogens (tertiary/aromatic N) is 1. The van der Waals surface area contributed by atoms with Crippen LogP contribution in [0.4, 0.5) is 0 Å². The lowest BCUT2D eigenvalue weighted by Gasteiger charge is -2.20. The summed E-state index contributed by atoms with van der Waals surface area (Å²) in [4.78, 5) is 42.1. The minimum absolute atomic E-state index is 0.162. The molecule has 0 fully saturated rings. The summed E-state index contributed by atoms with van der Waals surface area (Å²) in [6, 6.07) is 13.0. The van der Waals surface area contributed by atoms with Gasteiger partial charge in [0.15, 0.2) is 16.9 Å². The van der Waals surface area contributed by atoms with Crippen molar-refractivity contribution in [1.82, 2.24) is 5.32 Å². The van der Waals surface area contributed by atoms with Crippen LogP contribution in [0, 0.1) is 10.1 Å². The third-order valence-electron chi connectivity index (χ3n) is 6.55. The minimum atomic E-state index is -0.880. The Hall–Kier alpha value is -4.25. The highest BCUT2D eigenvalue weighted by Gasteiger charge is 2.30. The lowest BCUT2D eigenvalue weighted by atomic mass is 9.95. The van der Waals surface area contributed by atoms with Gasteiger partial charge >= 0.3 is 0 Å². The van der Waals surface area contributed by atoms with Crippen LogP contribution in [0.2, 0.25) is 0 Å². The molecule has 3 aromatic rings. The zero-order chi connectivity index (χ0) is 28.1. The minimum Gasteiger partial charge on any atom is -0.493 e. The molecule has 0 bridgehead atoms. The van der Waals surface area contributed by atoms with Crippen LogP contribution in [0.1, 0.15) is 39.5 Å². The van der Waals surface area contributed by atoms with Crippen LogP contribution >= 0.6 is 11.8 Å². The third kappa shape index (κ3) is 5.78. The molecule has 39 heavy (non-hydrogen) atoms. The third-order valence-corrected chi connectivity index (χ3v) is 7.33. The number of fused-ring (bicyclic) bond motifs is 3. The first-order chi connectivity index (χ1) is 18.8. The smallest absolute Gasteiger partial charge is 0.294 e. The van der Waals surface area contributed by atoms with E-state index in [1.165, 1.54) is 18.9 Å². The second-order valence-electron chi connectivity index (χ2n) is 8.72. The average Bonchev–Trinajstić information content (AvgIpc) is 3.19. The number of carbonyl (C=O) groups excluding carboxylic acids is 1. The van der Waals surface area contributed by atoms with Gasteiger partial charge in [0, 0.05) is 11.1 Å². The summed E-state index contributed by atoms with van der Waals surface area (Å²) in [6.45, 7) is -0.272. The Bertz CT molecular complexity index is 1480. The number of thioether (sulfide) groups is 1. The monoisotopic (exact) mass is 552 g/mol. The van der Waals surface area contributed by atoms with Gasteiger partial charge in [-0.25, -0.2) is 0 Å². The van der Waals surface area contributed by atoms with Crippen molar-refractivity contribution in [2.45, 2.75) is 30.4 Å². The van der Waals surface area contributed by atoms with Crippen LogP contribution in [0.5, 0.6) is 17.2 Å². The summed E-state index contributed by atoms with van der Waals surface area (Å²) in [6.07, 6.45) is 2.88. The summed E-state index contributed by atoms with van der Waals surface area (Å²) in [7, 11) is 4.63. The molecular formula is C28H28N2O8S. The topological polar surface area (TPSA) is 126 Å². The van der Waals surface area contributed by atoms with Crippen LogP contribution in [0.3, 0.4) is 0 Å². The number of carbonyl (C=O) groups is 1. The van der Waals surface area contributed by atoms with Crippen molar-refractivity contribution in [1.29, 1.82) is 0 Å². The first kappa shape index (κ1) is 27.8. The van der Waals surface area contributed by atoms with Crippen molar-refractivity contribution in [3.63, 3.8) is 0 Å². The van der Waals surface area contributed by atoms with E-state index in [2.05, 4.69) is 10.2 Å². The van der Waals surface area contributed by atoms with Crippen LogP contribution in [-0.2, 0) is 17.9 Å². The van der Waals surface area contributed by atoms with E-state index in [1.807, 2.05) is 18.4 Å². The summed E-state index contributed by atoms with van der Waals surface area (Å²) in [5.41, 5.74) is 3.70. The van der Waals surface area contributed by atoms with Crippen LogP contribution in [-0.4, -0.2) is 38.6 Å². The Morgan fingerprint density at radius 2 is 1.85 bits per heavy atom. The van der Waals surface area contributed by atoms with Gasteiger partial charge in [0.2, 0.25) is 5.75 Å². The van der Waals surface area contributed by atoms with Gasteiger partial charge < -0.3 is 24.4 Å². The maximum absolute atomic E-state index is 13.4. The number of methoxy groups -OCH3 is 3. The molecule has 0 saturated heterocycles. The molecule has 0 heterocycles. The fourth-order valence-electron chi connectivity index (χ4n) is 4.79. The SMILES string of the molecule is COc1cc2c(c(OC)c1OC)-c1ccc(SC)c(=O)cc1[C@@H](NC(=O)c1cccc(CO[N+](=O)[O-])c1)CC2. The van der Waals surface area contributed by atoms with E-state index in [9.17, 15) is 19.7 Å². The largest absolute Gasteiger partial charge is 0.493 e. The van der Waals surface area contributed by atoms with Crippen molar-refractivity contribution >= 4 is 17.7 Å². The predicted molar refractivity (Wildman–Crippen MR) is 146 cm³/mol. The Labute approximate surface area is 229 Å². The van der Waals surface area contributed by atoms with Gasteiger partial charge in [-0.05, 0) is 71.7 Å². The zero-order valence-electron chi connectivity index (χ0n) is 21.9. The van der Waals surface area contributed by atoms with Crippen molar-refractivity contribution in [3.05, 3.63) is 91.1 Å². The van der Waals surface area contributed by atoms with Gasteiger partial charge in [-0.2, -0.15) is 0 Å². The first-order valence-electron chi connectivity index (χ1n) is 12.0. The Morgan fingerprint density at radius 1 is 1.08 bits per heavy atom. The predicted octanol–water partition coefficient (Wildman–Crippen LogP) is 4.59. The number of benzene rings is 2. The van der Waals surface area contributed by atoms with Crippen molar-refractivity contribution in [3.8, 4) is 28.4 Å². The second kappa shape index (κ2) is 12.1. The number of amides is 1. The van der Waals surface area contributed by atoms with Gasteiger partial charge in [0.1, 0.15) is 6.61 Å². The molecule has 1 N–H and O–H groups in total. The van der Waals surface area contributed by atoms with Gasteiger partial charge in [-0.1, -0.05) is 18.2 Å². The molecule has 10 nitrogen and oxygen atoms in total. The number of hydrogen-bond donors (Lipinski definition) is 1. The molecule has 1 aliphatic rings. The fraction of sp³-hybridized carbons (Fsp3) is 0.286. The standard InChI is InChI=1S/C28H28N2O8S/c1-35-23-13-17-8-10-21(29-28(32)18-7-5-6-16(12-18)15-38-30(33)34)20-14-22(31)24(39-4)11-9-19(20)25(17)27(37-3)26(23)36-2/h5-7,9,11-14,21H,8,10,15H2,1-4H3,(H,29,32)/t21-/m0/s1. The van der Waals surface area contributed by atoms with Gasteiger partial charge in [-0.15, -0.1) is 21.9 Å². The van der Waals surface area contributed by atoms with Gasteiger partial charge in [0.05, 0.1) is 32.3 Å². The van der Waals surface area contributed by atoms with Crippen molar-refractivity contribution < 1.29 is 28.9 Å². The number of hydrogen-bond acceptors (Lipinski definition) is 9. The molecule has 1 atom stereocenters. The molecular weight excluding hydrogens is 524 g/mol. The normalized spacial score (nSPS) is 13.8. The van der Waals surface area contributed by atoms with E-state index >= 15 is 0 Å². The second-order valence-corrected chi connectivity index (χ2v) is 9.57. The molecule has 0 aliphatic heterocycles. The maximum Gasteiger partial charge on any atom is 0.294 e. The molecule has 0 unspecified atom stereocenters. The van der Waals surface area contributed by atoms with E-state index in [0.717, 1.165) is 16.7 Å². The highest BCUT2D eigenvalue weighted by atomic mass is 32.2. The van der Waals surface area contributed by atoms with E-state index in [0.29, 0.717) is 51.7 Å². The molecule has 3 aromatic carbocycles. The van der Waals surface area contributed by atoms with Crippen LogP contribution < -0.4 is 25.0 Å². The highest BCUT2D eigenvalue weighted by molar-refractivity contribution is 7.98. The maximum atomic E-state index is 13.4. The van der Waals surface area contributed by atoms with E-state index in [1.54, 1.807) is 50.6 Å². The number of aryl methyl sites for hydroxylation is 1. The average molecular weight is 553 g/mol. The molecule has 11 heteroatoms. The molecule has 1 amide bonds. The Kier molecular flexibility index (Phi) is 8.60. The van der Waals surface area contributed by atoms with Crippen LogP contribution in [0.15, 0.2) is 58.2 Å². The molecule has 0 spiro atoms. The summed E-state index contributed by atoms with van der Waals surface area (Å²) in [5, 5.41) is 12.8. The van der Waals surface area contributed by atoms with Gasteiger partial charge in [-0.3, -0.25) is 9.59 Å². The number of nitrogens with one attached hydrogen (secondary N) is 1. The molecule has 0 radical (unpaired) electrons. The van der Waals surface area contributed by atoms with Crippen molar-refractivity contribution in [2.24, 2.45) is 0 Å². The molecule has 204 valence electrons. The van der Waals surface area contributed by atoms with Crippen LogP contribution in [0.25, 0.3) is 11.1 Å². The summed E-state index contributed by atoms with van der Waals surface area (Å²) in [5.74, 6) is 1.04. The lowest BCUT2D eigenvalue weighted by Crippen LogP contribution is -2.29. The number of rotatable bonds is 9. The quantitative estimate of drug-likeness (QED) is 0.230. The highest BCUT2D eigenvalue weighted by Crippen LogP contribution is 2.50. The summed E-state index contributed by atoms with van der Waals surface area (Å²) < 4.78 is 17.0. The Balaban J connectivity index is 1.83. The lowest BCUT2D eigenvalue weighted by molar-refractivity contribution is -0.763. The van der Waals surface area contributed by atoms with Crippen molar-refractivity contribution in [2.75, 3.05) is 27.6 Å².